The minimum atomic E-state index is -0.490. The molecule has 0 amide bonds. The van der Waals surface area contributed by atoms with Crippen molar-refractivity contribution in [1.29, 1.82) is 0 Å². The third-order valence-corrected chi connectivity index (χ3v) is 3.29. The fourth-order valence-corrected chi connectivity index (χ4v) is 2.21. The van der Waals surface area contributed by atoms with Crippen molar-refractivity contribution in [1.82, 2.24) is 5.32 Å². The van der Waals surface area contributed by atoms with Crippen molar-refractivity contribution in [2.75, 3.05) is 13.2 Å². The number of benzene rings is 1. The standard InChI is InChI=1S/C17H29NO3/c1-13(2)8-14(3)21-12-17(20)10-18-9-15-4-6-16(11-19)7-5-15/h4-7,13-14,17-20H,8-12H2,1-3H3. The molecule has 120 valence electrons. The van der Waals surface area contributed by atoms with E-state index in [1.165, 1.54) is 0 Å². The Morgan fingerprint density at radius 3 is 2.29 bits per heavy atom. The number of ether oxygens (including phenoxy) is 1. The van der Waals surface area contributed by atoms with Gasteiger partial charge in [0.1, 0.15) is 0 Å². The molecule has 3 N–H and O–H groups in total. The van der Waals surface area contributed by atoms with Gasteiger partial charge in [-0.1, -0.05) is 38.1 Å². The molecule has 1 rings (SSSR count). The summed E-state index contributed by atoms with van der Waals surface area (Å²) in [5, 5.41) is 22.1. The first-order valence-corrected chi connectivity index (χ1v) is 7.70. The number of hydrogen-bond acceptors (Lipinski definition) is 4. The zero-order chi connectivity index (χ0) is 15.7. The summed E-state index contributed by atoms with van der Waals surface area (Å²) in [6.45, 7) is 8.02. The van der Waals surface area contributed by atoms with Gasteiger partial charge in [0.15, 0.2) is 0 Å². The number of nitrogens with one attached hydrogen (secondary N) is 1. The molecule has 0 heterocycles. The maximum Gasteiger partial charge on any atom is 0.0897 e. The van der Waals surface area contributed by atoms with Gasteiger partial charge >= 0.3 is 0 Å². The van der Waals surface area contributed by atoms with Crippen LogP contribution in [0, 0.1) is 5.92 Å². The Morgan fingerprint density at radius 1 is 1.10 bits per heavy atom. The summed E-state index contributed by atoms with van der Waals surface area (Å²) in [5.74, 6) is 0.608. The molecule has 0 aromatic heterocycles. The van der Waals surface area contributed by atoms with E-state index in [4.69, 9.17) is 9.84 Å². The molecule has 0 saturated carbocycles. The third-order valence-electron chi connectivity index (χ3n) is 3.29. The van der Waals surface area contributed by atoms with Crippen molar-refractivity contribution in [3.05, 3.63) is 35.4 Å². The van der Waals surface area contributed by atoms with E-state index >= 15 is 0 Å². The Labute approximate surface area is 128 Å². The summed E-state index contributed by atoms with van der Waals surface area (Å²) in [6, 6.07) is 7.77. The van der Waals surface area contributed by atoms with Gasteiger partial charge in [0.2, 0.25) is 0 Å². The smallest absolute Gasteiger partial charge is 0.0897 e. The molecular formula is C17H29NO3. The molecule has 1 aromatic carbocycles. The summed E-state index contributed by atoms with van der Waals surface area (Å²) in [4.78, 5) is 0. The number of aliphatic hydroxyl groups excluding tert-OH is 2. The van der Waals surface area contributed by atoms with Crippen molar-refractivity contribution in [3.63, 3.8) is 0 Å². The minimum Gasteiger partial charge on any atom is -0.392 e. The van der Waals surface area contributed by atoms with E-state index in [0.29, 0.717) is 25.6 Å². The van der Waals surface area contributed by atoms with Crippen molar-refractivity contribution in [3.8, 4) is 0 Å². The first kappa shape index (κ1) is 18.1. The Bertz CT molecular complexity index is 378. The molecule has 2 unspecified atom stereocenters. The van der Waals surface area contributed by atoms with Gasteiger partial charge in [0.05, 0.1) is 25.4 Å². The lowest BCUT2D eigenvalue weighted by Gasteiger charge is -2.18. The van der Waals surface area contributed by atoms with Crippen LogP contribution in [0.3, 0.4) is 0 Å². The van der Waals surface area contributed by atoms with E-state index in [1.54, 1.807) is 0 Å². The second kappa shape index (κ2) is 9.90. The van der Waals surface area contributed by atoms with E-state index in [-0.39, 0.29) is 12.7 Å². The summed E-state index contributed by atoms with van der Waals surface area (Å²) in [5.41, 5.74) is 2.04. The molecule has 21 heavy (non-hydrogen) atoms. The molecule has 4 heteroatoms. The molecule has 0 saturated heterocycles. The van der Waals surface area contributed by atoms with Crippen LogP contribution in [0.2, 0.25) is 0 Å². The summed E-state index contributed by atoms with van der Waals surface area (Å²) in [6.07, 6.45) is 0.708. The SMILES string of the molecule is CC(C)CC(C)OCC(O)CNCc1ccc(CO)cc1. The molecule has 0 radical (unpaired) electrons. The van der Waals surface area contributed by atoms with Gasteiger partial charge in [-0.3, -0.25) is 0 Å². The summed E-state index contributed by atoms with van der Waals surface area (Å²) in [7, 11) is 0. The lowest BCUT2D eigenvalue weighted by Crippen LogP contribution is -2.31. The Kier molecular flexibility index (Phi) is 8.54. The zero-order valence-electron chi connectivity index (χ0n) is 13.4. The van der Waals surface area contributed by atoms with Crippen molar-refractivity contribution >= 4 is 0 Å². The van der Waals surface area contributed by atoms with Crippen molar-refractivity contribution < 1.29 is 14.9 Å². The van der Waals surface area contributed by atoms with Crippen LogP contribution in [0.1, 0.15) is 38.3 Å². The van der Waals surface area contributed by atoms with Crippen LogP contribution < -0.4 is 5.32 Å². The molecule has 0 fully saturated rings. The van der Waals surface area contributed by atoms with Crippen LogP contribution >= 0.6 is 0 Å². The van der Waals surface area contributed by atoms with Crippen LogP contribution in [0.5, 0.6) is 0 Å². The van der Waals surface area contributed by atoms with Gasteiger partial charge in [0.25, 0.3) is 0 Å². The third kappa shape index (κ3) is 8.17. The largest absolute Gasteiger partial charge is 0.392 e. The van der Waals surface area contributed by atoms with Crippen molar-refractivity contribution in [2.24, 2.45) is 5.92 Å². The highest BCUT2D eigenvalue weighted by Crippen LogP contribution is 2.08. The average molecular weight is 295 g/mol. The van der Waals surface area contributed by atoms with Crippen LogP contribution in [0.4, 0.5) is 0 Å². The lowest BCUT2D eigenvalue weighted by atomic mass is 10.1. The van der Waals surface area contributed by atoms with E-state index in [1.807, 2.05) is 31.2 Å². The van der Waals surface area contributed by atoms with Gasteiger partial charge < -0.3 is 20.3 Å². The first-order chi connectivity index (χ1) is 10.0. The van der Waals surface area contributed by atoms with Gasteiger partial charge in [0, 0.05) is 13.1 Å². The highest BCUT2D eigenvalue weighted by Gasteiger charge is 2.09. The molecule has 0 bridgehead atoms. The van der Waals surface area contributed by atoms with E-state index < -0.39 is 6.10 Å². The highest BCUT2D eigenvalue weighted by molar-refractivity contribution is 5.21. The maximum absolute atomic E-state index is 9.87. The second-order valence-electron chi connectivity index (χ2n) is 6.03. The Balaban J connectivity index is 2.16. The molecule has 1 aromatic rings. The molecule has 0 aliphatic rings. The van der Waals surface area contributed by atoms with Gasteiger partial charge in [-0.15, -0.1) is 0 Å². The lowest BCUT2D eigenvalue weighted by molar-refractivity contribution is -0.00857. The Morgan fingerprint density at radius 2 is 1.71 bits per heavy atom. The monoisotopic (exact) mass is 295 g/mol. The highest BCUT2D eigenvalue weighted by atomic mass is 16.5. The van der Waals surface area contributed by atoms with Crippen molar-refractivity contribution in [2.45, 2.75) is 52.6 Å². The predicted octanol–water partition coefficient (Wildman–Crippen LogP) is 2.08. The van der Waals surface area contributed by atoms with Crippen LogP contribution in [-0.4, -0.2) is 35.6 Å². The first-order valence-electron chi connectivity index (χ1n) is 7.70. The Hall–Kier alpha value is -0.940. The normalized spacial score (nSPS) is 14.4. The predicted molar refractivity (Wildman–Crippen MR) is 84.9 cm³/mol. The fourth-order valence-electron chi connectivity index (χ4n) is 2.21. The van der Waals surface area contributed by atoms with Crippen LogP contribution in [0.15, 0.2) is 24.3 Å². The molecule has 0 spiro atoms. The maximum atomic E-state index is 9.87. The quantitative estimate of drug-likeness (QED) is 0.618. The van der Waals surface area contributed by atoms with Gasteiger partial charge in [-0.25, -0.2) is 0 Å². The topological polar surface area (TPSA) is 61.7 Å². The van der Waals surface area contributed by atoms with Crippen LogP contribution in [0.25, 0.3) is 0 Å². The minimum absolute atomic E-state index is 0.0678. The van der Waals surface area contributed by atoms with E-state index in [2.05, 4.69) is 19.2 Å². The zero-order valence-corrected chi connectivity index (χ0v) is 13.4. The van der Waals surface area contributed by atoms with Crippen LogP contribution in [-0.2, 0) is 17.9 Å². The number of rotatable bonds is 10. The van der Waals surface area contributed by atoms with Gasteiger partial charge in [-0.2, -0.15) is 0 Å². The van der Waals surface area contributed by atoms with E-state index in [9.17, 15) is 5.11 Å². The number of hydrogen-bond donors (Lipinski definition) is 3. The summed E-state index contributed by atoms with van der Waals surface area (Å²) < 4.78 is 5.63. The molecular weight excluding hydrogens is 266 g/mol. The van der Waals surface area contributed by atoms with E-state index in [0.717, 1.165) is 17.5 Å². The summed E-state index contributed by atoms with van der Waals surface area (Å²) >= 11 is 0. The molecule has 2 atom stereocenters. The van der Waals surface area contributed by atoms with Gasteiger partial charge in [-0.05, 0) is 30.4 Å². The number of aliphatic hydroxyl groups is 2. The molecule has 4 nitrogen and oxygen atoms in total. The second-order valence-corrected chi connectivity index (χ2v) is 6.03. The molecule has 0 aliphatic carbocycles. The average Bonchev–Trinajstić information content (AvgIpc) is 2.45. The fraction of sp³-hybridized carbons (Fsp3) is 0.647. The molecule has 0 aliphatic heterocycles.